The second kappa shape index (κ2) is 6.82. The van der Waals surface area contributed by atoms with Gasteiger partial charge in [0.1, 0.15) is 17.4 Å². The zero-order chi connectivity index (χ0) is 19.0. The number of carbonyl (C=O) groups excluding carboxylic acids is 1. The highest BCUT2D eigenvalue weighted by molar-refractivity contribution is 5.96. The summed E-state index contributed by atoms with van der Waals surface area (Å²) in [4.78, 5) is 18.7. The fourth-order valence-electron chi connectivity index (χ4n) is 3.21. The van der Waals surface area contributed by atoms with Crippen molar-refractivity contribution in [3.05, 3.63) is 59.1 Å². The summed E-state index contributed by atoms with van der Waals surface area (Å²) < 4.78 is 26.6. The van der Waals surface area contributed by atoms with E-state index in [9.17, 15) is 9.18 Å². The van der Waals surface area contributed by atoms with E-state index in [2.05, 4.69) is 15.2 Å². The van der Waals surface area contributed by atoms with Crippen LogP contribution in [0.25, 0.3) is 0 Å². The van der Waals surface area contributed by atoms with Crippen molar-refractivity contribution < 1.29 is 18.4 Å². The van der Waals surface area contributed by atoms with Crippen LogP contribution in [0.5, 0.6) is 5.88 Å². The van der Waals surface area contributed by atoms with E-state index in [0.717, 1.165) is 5.69 Å². The molecule has 0 saturated heterocycles. The van der Waals surface area contributed by atoms with Gasteiger partial charge >= 0.3 is 0 Å². The molecule has 4 heterocycles. The topological polar surface area (TPSA) is 86.3 Å². The van der Waals surface area contributed by atoms with E-state index < -0.39 is 11.9 Å². The Morgan fingerprint density at radius 3 is 2.89 bits per heavy atom. The van der Waals surface area contributed by atoms with Crippen LogP contribution in [0.3, 0.4) is 0 Å². The molecule has 0 bridgehead atoms. The Kier molecular flexibility index (Phi) is 4.35. The molecule has 1 atom stereocenters. The first kappa shape index (κ1) is 17.2. The Hall–Kier alpha value is -3.23. The minimum Gasteiger partial charge on any atom is -0.468 e. The van der Waals surface area contributed by atoms with Gasteiger partial charge in [-0.25, -0.2) is 9.37 Å². The van der Waals surface area contributed by atoms with E-state index in [1.807, 2.05) is 6.07 Å². The zero-order valence-electron chi connectivity index (χ0n) is 14.9. The van der Waals surface area contributed by atoms with E-state index in [1.165, 1.54) is 18.3 Å². The highest BCUT2D eigenvalue weighted by Gasteiger charge is 2.30. The third-order valence-corrected chi connectivity index (χ3v) is 4.50. The van der Waals surface area contributed by atoms with Crippen LogP contribution in [0.2, 0.25) is 0 Å². The van der Waals surface area contributed by atoms with Crippen molar-refractivity contribution in [2.45, 2.75) is 33.0 Å². The van der Waals surface area contributed by atoms with Crippen molar-refractivity contribution >= 4 is 5.91 Å². The van der Waals surface area contributed by atoms with Gasteiger partial charge in [-0.05, 0) is 32.0 Å². The number of amides is 1. The van der Waals surface area contributed by atoms with Crippen LogP contribution in [0, 0.1) is 19.7 Å². The largest absolute Gasteiger partial charge is 0.468 e. The number of pyridine rings is 1. The molecule has 9 heteroatoms. The van der Waals surface area contributed by atoms with Crippen molar-refractivity contribution in [3.63, 3.8) is 0 Å². The van der Waals surface area contributed by atoms with Crippen LogP contribution in [0.15, 0.2) is 35.1 Å². The zero-order valence-corrected chi connectivity index (χ0v) is 14.9. The molecule has 1 unspecified atom stereocenters. The second-order valence-corrected chi connectivity index (χ2v) is 6.42. The van der Waals surface area contributed by atoms with Crippen LogP contribution in [-0.2, 0) is 13.1 Å². The van der Waals surface area contributed by atoms with Crippen molar-refractivity contribution in [1.82, 2.24) is 24.8 Å². The minimum atomic E-state index is -0.550. The van der Waals surface area contributed by atoms with Gasteiger partial charge in [-0.15, -0.1) is 0 Å². The Balaban J connectivity index is 1.64. The fourth-order valence-corrected chi connectivity index (χ4v) is 3.21. The van der Waals surface area contributed by atoms with Gasteiger partial charge in [-0.2, -0.15) is 5.10 Å². The van der Waals surface area contributed by atoms with E-state index in [-0.39, 0.29) is 18.3 Å². The van der Waals surface area contributed by atoms with Gasteiger partial charge in [0.2, 0.25) is 0 Å². The fraction of sp³-hybridized carbons (Fsp3) is 0.333. The van der Waals surface area contributed by atoms with E-state index in [1.54, 1.807) is 29.6 Å². The van der Waals surface area contributed by atoms with Gasteiger partial charge in [0.15, 0.2) is 5.82 Å². The molecule has 0 aromatic carbocycles. The number of aromatic nitrogens is 4. The van der Waals surface area contributed by atoms with Gasteiger partial charge in [0.05, 0.1) is 31.0 Å². The summed E-state index contributed by atoms with van der Waals surface area (Å²) in [7, 11) is 0. The number of hydrogen-bond acceptors (Lipinski definition) is 6. The first-order valence-electron chi connectivity index (χ1n) is 8.53. The summed E-state index contributed by atoms with van der Waals surface area (Å²) >= 11 is 0. The predicted octanol–water partition coefficient (Wildman–Crippen LogP) is 2.13. The lowest BCUT2D eigenvalue weighted by atomic mass is 10.1. The Morgan fingerprint density at radius 1 is 1.30 bits per heavy atom. The summed E-state index contributed by atoms with van der Waals surface area (Å²) in [5, 5.41) is 8.13. The highest BCUT2D eigenvalue weighted by Crippen LogP contribution is 2.22. The number of rotatable bonds is 3. The maximum Gasteiger partial charge on any atom is 0.259 e. The highest BCUT2D eigenvalue weighted by atomic mass is 19.1. The molecule has 1 aliphatic heterocycles. The summed E-state index contributed by atoms with van der Waals surface area (Å²) in [5.74, 6) is -0.395. The number of aryl methyl sites for hydroxylation is 2. The molecule has 1 amide bonds. The van der Waals surface area contributed by atoms with Gasteiger partial charge in [-0.3, -0.25) is 9.48 Å². The summed E-state index contributed by atoms with van der Waals surface area (Å²) in [6, 6.07) is 4.62. The molecule has 0 saturated carbocycles. The number of ether oxygens (including phenoxy) is 1. The molecular weight excluding hydrogens is 353 g/mol. The standard InChI is InChI=1S/C18H18FN5O3/c1-11-16(12(2)27-22-11)18(25)23-8-13-5-7-21-24(13)10-14(9-23)26-17-15(19)4-3-6-20-17/h3-7,14H,8-10H2,1-2H3. The molecule has 0 aliphatic carbocycles. The van der Waals surface area contributed by atoms with E-state index >= 15 is 0 Å². The maximum atomic E-state index is 14.0. The number of carbonyl (C=O) groups is 1. The number of nitrogens with zero attached hydrogens (tertiary/aromatic N) is 5. The van der Waals surface area contributed by atoms with Crippen molar-refractivity contribution in [3.8, 4) is 5.88 Å². The molecule has 0 spiro atoms. The maximum absolute atomic E-state index is 14.0. The van der Waals surface area contributed by atoms with Crippen molar-refractivity contribution in [1.29, 1.82) is 0 Å². The third kappa shape index (κ3) is 3.27. The van der Waals surface area contributed by atoms with Gasteiger partial charge in [-0.1, -0.05) is 5.16 Å². The summed E-state index contributed by atoms with van der Waals surface area (Å²) in [5.41, 5.74) is 1.83. The van der Waals surface area contributed by atoms with Gasteiger partial charge in [0, 0.05) is 12.4 Å². The second-order valence-electron chi connectivity index (χ2n) is 6.42. The molecule has 3 aromatic heterocycles. The van der Waals surface area contributed by atoms with Crippen LogP contribution < -0.4 is 4.74 Å². The van der Waals surface area contributed by atoms with Gasteiger partial charge in [0.25, 0.3) is 11.8 Å². The van der Waals surface area contributed by atoms with Crippen LogP contribution in [0.4, 0.5) is 4.39 Å². The van der Waals surface area contributed by atoms with Crippen molar-refractivity contribution in [2.75, 3.05) is 6.54 Å². The molecule has 8 nitrogen and oxygen atoms in total. The smallest absolute Gasteiger partial charge is 0.259 e. The molecule has 4 rings (SSSR count). The molecular formula is C18H18FN5O3. The number of fused-ring (bicyclic) bond motifs is 1. The first-order valence-corrected chi connectivity index (χ1v) is 8.53. The average molecular weight is 371 g/mol. The Labute approximate surface area is 154 Å². The predicted molar refractivity (Wildman–Crippen MR) is 91.6 cm³/mol. The Morgan fingerprint density at radius 2 is 2.15 bits per heavy atom. The van der Waals surface area contributed by atoms with Gasteiger partial charge < -0.3 is 14.2 Å². The lowest BCUT2D eigenvalue weighted by Gasteiger charge is -2.24. The normalized spacial score (nSPS) is 16.7. The SMILES string of the molecule is Cc1noc(C)c1C(=O)N1Cc2ccnn2CC(Oc2ncccc2F)C1. The molecule has 0 fully saturated rings. The molecule has 27 heavy (non-hydrogen) atoms. The average Bonchev–Trinajstić information content (AvgIpc) is 3.17. The van der Waals surface area contributed by atoms with Crippen LogP contribution in [0.1, 0.15) is 27.5 Å². The molecule has 0 N–H and O–H groups in total. The minimum absolute atomic E-state index is 0.0946. The van der Waals surface area contributed by atoms with E-state index in [4.69, 9.17) is 9.26 Å². The van der Waals surface area contributed by atoms with Crippen molar-refractivity contribution in [2.24, 2.45) is 0 Å². The molecule has 3 aromatic rings. The molecule has 0 radical (unpaired) electrons. The van der Waals surface area contributed by atoms with Crippen LogP contribution >= 0.6 is 0 Å². The first-order chi connectivity index (χ1) is 13.0. The molecule has 1 aliphatic rings. The Bertz CT molecular complexity index is 964. The summed E-state index contributed by atoms with van der Waals surface area (Å²) in [6.07, 6.45) is 2.61. The third-order valence-electron chi connectivity index (χ3n) is 4.50. The number of hydrogen-bond donors (Lipinski definition) is 0. The quantitative estimate of drug-likeness (QED) is 0.701. The lowest BCUT2D eigenvalue weighted by molar-refractivity contribution is 0.0636. The lowest BCUT2D eigenvalue weighted by Crippen LogP contribution is -2.39. The van der Waals surface area contributed by atoms with Crippen LogP contribution in [-0.4, -0.2) is 43.4 Å². The summed E-state index contributed by atoms with van der Waals surface area (Å²) in [6.45, 7) is 4.41. The monoisotopic (exact) mass is 371 g/mol. The number of halogens is 1. The molecule has 140 valence electrons. The van der Waals surface area contributed by atoms with E-state index in [0.29, 0.717) is 30.1 Å².